The molecule has 0 saturated heterocycles. The van der Waals surface area contributed by atoms with Crippen LogP contribution in [0.4, 0.5) is 8.78 Å². The Morgan fingerprint density at radius 2 is 2.31 bits per heavy atom. The summed E-state index contributed by atoms with van der Waals surface area (Å²) in [5, 5.41) is -0.0787. The van der Waals surface area contributed by atoms with Gasteiger partial charge >= 0.3 is 5.97 Å². The third-order valence-corrected chi connectivity index (χ3v) is 2.78. The van der Waals surface area contributed by atoms with Gasteiger partial charge in [0.1, 0.15) is 10.7 Å². The number of esters is 1. The van der Waals surface area contributed by atoms with Crippen LogP contribution in [0.2, 0.25) is 5.15 Å². The van der Waals surface area contributed by atoms with Crippen LogP contribution >= 0.6 is 27.5 Å². The SMILES string of the molecule is COC(=O)c1c(Cl)ncc(C(F)F)c1CBr. The number of nitrogens with zero attached hydrogens (tertiary/aromatic N) is 1. The molecule has 1 aromatic rings. The van der Waals surface area contributed by atoms with Crippen molar-refractivity contribution in [2.75, 3.05) is 7.11 Å². The summed E-state index contributed by atoms with van der Waals surface area (Å²) < 4.78 is 29.7. The minimum Gasteiger partial charge on any atom is -0.465 e. The van der Waals surface area contributed by atoms with E-state index in [9.17, 15) is 13.6 Å². The van der Waals surface area contributed by atoms with E-state index < -0.39 is 12.4 Å². The highest BCUT2D eigenvalue weighted by Crippen LogP contribution is 2.30. The van der Waals surface area contributed by atoms with Gasteiger partial charge in [-0.2, -0.15) is 0 Å². The Hall–Kier alpha value is -0.750. The van der Waals surface area contributed by atoms with E-state index in [0.29, 0.717) is 0 Å². The van der Waals surface area contributed by atoms with Crippen LogP contribution in [0.15, 0.2) is 6.20 Å². The lowest BCUT2D eigenvalue weighted by atomic mass is 10.1. The molecule has 0 fully saturated rings. The van der Waals surface area contributed by atoms with Crippen molar-refractivity contribution in [3.05, 3.63) is 28.0 Å². The van der Waals surface area contributed by atoms with Gasteiger partial charge in [0, 0.05) is 17.1 Å². The number of methoxy groups -OCH3 is 1. The Balaban J connectivity index is 3.44. The smallest absolute Gasteiger partial charge is 0.341 e. The van der Waals surface area contributed by atoms with Crippen molar-refractivity contribution in [3.63, 3.8) is 0 Å². The molecule has 3 nitrogen and oxygen atoms in total. The average molecular weight is 315 g/mol. The lowest BCUT2D eigenvalue weighted by Crippen LogP contribution is -2.10. The first-order valence-electron chi connectivity index (χ1n) is 4.12. The predicted molar refractivity (Wildman–Crippen MR) is 58.2 cm³/mol. The third-order valence-electron chi connectivity index (χ3n) is 1.93. The summed E-state index contributed by atoms with van der Waals surface area (Å²) >= 11 is 8.71. The quantitative estimate of drug-likeness (QED) is 0.488. The van der Waals surface area contributed by atoms with E-state index in [2.05, 4.69) is 25.7 Å². The first kappa shape index (κ1) is 13.3. The molecule has 1 heterocycles. The Kier molecular flexibility index (Phi) is 4.61. The van der Waals surface area contributed by atoms with E-state index in [1.165, 1.54) is 0 Å². The van der Waals surface area contributed by atoms with Gasteiger partial charge in [-0.3, -0.25) is 0 Å². The van der Waals surface area contributed by atoms with E-state index >= 15 is 0 Å². The molecule has 0 radical (unpaired) electrons. The van der Waals surface area contributed by atoms with Gasteiger partial charge in [0.05, 0.1) is 7.11 Å². The molecule has 0 amide bonds. The molecule has 1 aromatic heterocycles. The Labute approximate surface area is 104 Å². The molecule has 0 aromatic carbocycles. The Morgan fingerprint density at radius 3 is 2.75 bits per heavy atom. The topological polar surface area (TPSA) is 39.2 Å². The van der Waals surface area contributed by atoms with Gasteiger partial charge in [-0.05, 0) is 5.56 Å². The highest BCUT2D eigenvalue weighted by molar-refractivity contribution is 9.08. The van der Waals surface area contributed by atoms with Crippen molar-refractivity contribution in [1.29, 1.82) is 0 Å². The number of ether oxygens (including phenoxy) is 1. The molecule has 0 N–H and O–H groups in total. The first-order valence-corrected chi connectivity index (χ1v) is 5.62. The summed E-state index contributed by atoms with van der Waals surface area (Å²) in [6, 6.07) is 0. The summed E-state index contributed by atoms with van der Waals surface area (Å²) in [6.45, 7) is 0. The predicted octanol–water partition coefficient (Wildman–Crippen LogP) is 3.35. The fourth-order valence-electron chi connectivity index (χ4n) is 1.18. The molecule has 88 valence electrons. The zero-order valence-corrected chi connectivity index (χ0v) is 10.5. The first-order chi connectivity index (χ1) is 7.52. The number of carbonyl (C=O) groups is 1. The third kappa shape index (κ3) is 2.49. The molecule has 0 aliphatic rings. The number of pyridine rings is 1. The monoisotopic (exact) mass is 313 g/mol. The van der Waals surface area contributed by atoms with Gasteiger partial charge in [-0.25, -0.2) is 18.6 Å². The van der Waals surface area contributed by atoms with Crippen molar-refractivity contribution in [2.45, 2.75) is 11.8 Å². The van der Waals surface area contributed by atoms with E-state index in [4.69, 9.17) is 11.6 Å². The van der Waals surface area contributed by atoms with Crippen LogP contribution in [0.25, 0.3) is 0 Å². The molecule has 1 rings (SSSR count). The zero-order valence-electron chi connectivity index (χ0n) is 8.14. The number of aromatic nitrogens is 1. The summed E-state index contributed by atoms with van der Waals surface area (Å²) in [5.41, 5.74) is -0.359. The summed E-state index contributed by atoms with van der Waals surface area (Å²) in [6.07, 6.45) is -1.77. The minimum atomic E-state index is -2.72. The maximum atomic E-state index is 12.6. The Bertz CT molecular complexity index is 415. The van der Waals surface area contributed by atoms with Gasteiger partial charge in [0.2, 0.25) is 0 Å². The minimum absolute atomic E-state index is 0.0688. The molecular formula is C9H7BrClF2NO2. The fraction of sp³-hybridized carbons (Fsp3) is 0.333. The number of halogens is 4. The van der Waals surface area contributed by atoms with Crippen LogP contribution in [0.5, 0.6) is 0 Å². The number of hydrogen-bond acceptors (Lipinski definition) is 3. The van der Waals surface area contributed by atoms with Crippen LogP contribution in [-0.4, -0.2) is 18.1 Å². The van der Waals surface area contributed by atoms with E-state index in [0.717, 1.165) is 13.3 Å². The van der Waals surface area contributed by atoms with Crippen LogP contribution in [-0.2, 0) is 10.1 Å². The van der Waals surface area contributed by atoms with Crippen LogP contribution in [0.3, 0.4) is 0 Å². The van der Waals surface area contributed by atoms with Crippen LogP contribution < -0.4 is 0 Å². The molecule has 0 saturated carbocycles. The van der Waals surface area contributed by atoms with Gasteiger partial charge in [-0.15, -0.1) is 0 Å². The second kappa shape index (κ2) is 5.54. The number of carbonyl (C=O) groups excluding carboxylic acids is 1. The van der Waals surface area contributed by atoms with Gasteiger partial charge in [0.25, 0.3) is 6.43 Å². The lowest BCUT2D eigenvalue weighted by Gasteiger charge is -2.11. The van der Waals surface area contributed by atoms with Crippen molar-refractivity contribution in [2.24, 2.45) is 0 Å². The van der Waals surface area contributed by atoms with E-state index in [1.807, 2.05) is 0 Å². The van der Waals surface area contributed by atoms with Gasteiger partial charge in [-0.1, -0.05) is 27.5 Å². The molecule has 0 aliphatic heterocycles. The highest BCUT2D eigenvalue weighted by Gasteiger charge is 2.23. The summed E-state index contributed by atoms with van der Waals surface area (Å²) in [7, 11) is 1.14. The largest absolute Gasteiger partial charge is 0.465 e. The second-order valence-corrected chi connectivity index (χ2v) is 3.70. The normalized spacial score (nSPS) is 10.6. The van der Waals surface area contributed by atoms with Crippen LogP contribution in [0.1, 0.15) is 27.9 Å². The lowest BCUT2D eigenvalue weighted by molar-refractivity contribution is 0.0599. The van der Waals surface area contributed by atoms with Crippen molar-refractivity contribution in [3.8, 4) is 0 Å². The number of hydrogen-bond donors (Lipinski definition) is 0. The van der Waals surface area contributed by atoms with Gasteiger partial charge in [0.15, 0.2) is 0 Å². The molecule has 0 aliphatic carbocycles. The zero-order chi connectivity index (χ0) is 12.3. The van der Waals surface area contributed by atoms with Crippen molar-refractivity contribution < 1.29 is 18.3 Å². The molecule has 0 spiro atoms. The second-order valence-electron chi connectivity index (χ2n) is 2.78. The highest BCUT2D eigenvalue weighted by atomic mass is 79.9. The van der Waals surface area contributed by atoms with Crippen molar-refractivity contribution in [1.82, 2.24) is 4.98 Å². The van der Waals surface area contributed by atoms with Crippen LogP contribution in [0, 0.1) is 0 Å². The Morgan fingerprint density at radius 1 is 1.69 bits per heavy atom. The maximum Gasteiger partial charge on any atom is 0.341 e. The van der Waals surface area contributed by atoms with Crippen molar-refractivity contribution >= 4 is 33.5 Å². The van der Waals surface area contributed by atoms with Gasteiger partial charge < -0.3 is 4.74 Å². The molecular weight excluding hydrogens is 307 g/mol. The molecule has 16 heavy (non-hydrogen) atoms. The van der Waals surface area contributed by atoms with E-state index in [-0.39, 0.29) is 27.2 Å². The number of alkyl halides is 3. The molecule has 0 unspecified atom stereocenters. The summed E-state index contributed by atoms with van der Waals surface area (Å²) in [5.74, 6) is -0.783. The average Bonchev–Trinajstić information content (AvgIpc) is 2.26. The maximum absolute atomic E-state index is 12.6. The molecule has 0 atom stereocenters. The molecule has 0 bridgehead atoms. The summed E-state index contributed by atoms with van der Waals surface area (Å²) in [4.78, 5) is 14.9. The van der Waals surface area contributed by atoms with E-state index in [1.54, 1.807) is 0 Å². The standard InChI is InChI=1S/C9H7BrClF2NO2/c1-16-9(15)6-4(2-10)5(8(12)13)3-14-7(6)11/h3,8H,2H2,1H3. The fourth-order valence-corrected chi connectivity index (χ4v) is 2.02. The number of rotatable bonds is 3. The molecule has 7 heteroatoms.